The van der Waals surface area contributed by atoms with Gasteiger partial charge in [0.15, 0.2) is 0 Å². The first-order valence-electron chi connectivity index (χ1n) is 7.83. The monoisotopic (exact) mass is 343 g/mol. The average Bonchev–Trinajstić information content (AvgIpc) is 2.43. The number of hydrogen-bond acceptors (Lipinski definition) is 4. The first kappa shape index (κ1) is 24.3. The van der Waals surface area contributed by atoms with E-state index in [-0.39, 0.29) is 29.6 Å². The van der Waals surface area contributed by atoms with Crippen LogP contribution < -0.4 is 29.6 Å². The zero-order chi connectivity index (χ0) is 15.1. The van der Waals surface area contributed by atoms with E-state index in [2.05, 4.69) is 11.8 Å². The summed E-state index contributed by atoms with van der Waals surface area (Å²) in [4.78, 5) is 2.07. The molecule has 0 aromatic carbocycles. The maximum Gasteiger partial charge on any atom is 1.00 e. The summed E-state index contributed by atoms with van der Waals surface area (Å²) in [6.45, 7) is 8.69. The zero-order valence-electron chi connectivity index (χ0n) is 14.1. The van der Waals surface area contributed by atoms with Gasteiger partial charge < -0.3 is 39.2 Å². The molecule has 3 nitrogen and oxygen atoms in total. The minimum absolute atomic E-state index is 0. The standard InChI is InChI=1S/C15H31NO2S2.Na/c1-3-5-6-7-8-9-10-16(15(19)20)11-12-18-14-13-17-4-2;/h3-14H2,1-2H3,(H,19,20);/q;+1/p-1. The number of ether oxygens (including phenoxy) is 2. The van der Waals surface area contributed by atoms with Crippen molar-refractivity contribution in [2.75, 3.05) is 39.5 Å². The Hall–Kier alpha value is 1.03. The summed E-state index contributed by atoms with van der Waals surface area (Å²) in [5.74, 6) is 0. The Morgan fingerprint density at radius 2 is 1.52 bits per heavy atom. The van der Waals surface area contributed by atoms with Crippen LogP contribution in [0.25, 0.3) is 0 Å². The van der Waals surface area contributed by atoms with Gasteiger partial charge in [-0.25, -0.2) is 0 Å². The molecule has 0 fully saturated rings. The molecule has 0 saturated heterocycles. The van der Waals surface area contributed by atoms with E-state index in [1.54, 1.807) is 0 Å². The van der Waals surface area contributed by atoms with E-state index >= 15 is 0 Å². The minimum Gasteiger partial charge on any atom is -0.411 e. The van der Waals surface area contributed by atoms with Gasteiger partial charge in [0.05, 0.1) is 19.8 Å². The van der Waals surface area contributed by atoms with Crippen LogP contribution in [0.5, 0.6) is 0 Å². The molecule has 0 aromatic heterocycles. The molecule has 0 rings (SSSR count). The molecule has 0 radical (unpaired) electrons. The summed E-state index contributed by atoms with van der Waals surface area (Å²) in [6, 6.07) is 0. The first-order chi connectivity index (χ1) is 9.72. The molecule has 0 heterocycles. The molecule has 0 amide bonds. The fourth-order valence-corrected chi connectivity index (χ4v) is 2.28. The van der Waals surface area contributed by atoms with Crippen molar-refractivity contribution in [1.82, 2.24) is 4.90 Å². The van der Waals surface area contributed by atoms with Crippen molar-refractivity contribution in [2.45, 2.75) is 52.4 Å². The van der Waals surface area contributed by atoms with Crippen LogP contribution >= 0.6 is 12.2 Å². The van der Waals surface area contributed by atoms with Crippen LogP contribution in [0.1, 0.15) is 52.4 Å². The van der Waals surface area contributed by atoms with Crippen LogP contribution in [0.4, 0.5) is 0 Å². The van der Waals surface area contributed by atoms with Gasteiger partial charge in [0.25, 0.3) is 0 Å². The van der Waals surface area contributed by atoms with E-state index in [1.165, 1.54) is 38.5 Å². The van der Waals surface area contributed by atoms with Crippen LogP contribution in [-0.2, 0) is 22.1 Å². The van der Waals surface area contributed by atoms with E-state index in [0.717, 1.165) is 19.7 Å². The molecule has 0 aliphatic heterocycles. The van der Waals surface area contributed by atoms with Crippen LogP contribution in [0.2, 0.25) is 0 Å². The predicted octanol–water partition coefficient (Wildman–Crippen LogP) is 0.538. The zero-order valence-corrected chi connectivity index (χ0v) is 17.7. The van der Waals surface area contributed by atoms with Crippen molar-refractivity contribution in [1.29, 1.82) is 0 Å². The second-order valence-electron chi connectivity index (χ2n) is 4.83. The van der Waals surface area contributed by atoms with Gasteiger partial charge in [0, 0.05) is 19.7 Å². The number of hydrogen-bond donors (Lipinski definition) is 0. The molecule has 0 bridgehead atoms. The maximum atomic E-state index is 5.50. The Morgan fingerprint density at radius 1 is 0.905 bits per heavy atom. The van der Waals surface area contributed by atoms with Gasteiger partial charge >= 0.3 is 29.6 Å². The Morgan fingerprint density at radius 3 is 2.14 bits per heavy atom. The third-order valence-electron chi connectivity index (χ3n) is 3.12. The Balaban J connectivity index is 0. The topological polar surface area (TPSA) is 21.7 Å². The largest absolute Gasteiger partial charge is 1.00 e. The molecular formula is C15H30NNaO2S2. The number of rotatable bonds is 14. The molecular weight excluding hydrogens is 313 g/mol. The molecule has 6 heteroatoms. The third kappa shape index (κ3) is 17.2. The van der Waals surface area contributed by atoms with Gasteiger partial charge in [0.2, 0.25) is 0 Å². The molecule has 0 saturated carbocycles. The fraction of sp³-hybridized carbons (Fsp3) is 0.933. The van der Waals surface area contributed by atoms with Crippen molar-refractivity contribution < 1.29 is 39.0 Å². The predicted molar refractivity (Wildman–Crippen MR) is 92.2 cm³/mol. The number of nitrogens with zero attached hydrogens (tertiary/aromatic N) is 1. The summed E-state index contributed by atoms with van der Waals surface area (Å²) < 4.78 is 11.3. The van der Waals surface area contributed by atoms with Gasteiger partial charge in [-0.15, -0.1) is 0 Å². The Kier molecular flexibility index (Phi) is 22.1. The SMILES string of the molecule is CCCCCCCCN(CCOCCOCC)C(=S)[S-].[Na+]. The van der Waals surface area contributed by atoms with Crippen molar-refractivity contribution in [3.63, 3.8) is 0 Å². The normalized spacial score (nSPS) is 10.2. The minimum atomic E-state index is 0. The summed E-state index contributed by atoms with van der Waals surface area (Å²) in [6.07, 6.45) is 7.73. The fourth-order valence-electron chi connectivity index (χ4n) is 1.92. The maximum absolute atomic E-state index is 5.50. The summed E-state index contributed by atoms with van der Waals surface area (Å²) in [5.41, 5.74) is 0. The van der Waals surface area contributed by atoms with E-state index in [1.807, 2.05) is 6.92 Å². The number of unbranched alkanes of at least 4 members (excludes halogenated alkanes) is 5. The molecule has 21 heavy (non-hydrogen) atoms. The first-order valence-corrected chi connectivity index (χ1v) is 8.65. The summed E-state index contributed by atoms with van der Waals surface area (Å²) in [5, 5.41) is 0. The van der Waals surface area contributed by atoms with Crippen LogP contribution in [0.3, 0.4) is 0 Å². The van der Waals surface area contributed by atoms with Gasteiger partial charge in [-0.3, -0.25) is 0 Å². The molecule has 0 N–H and O–H groups in total. The van der Waals surface area contributed by atoms with Gasteiger partial charge in [-0.05, 0) is 13.3 Å². The van der Waals surface area contributed by atoms with Crippen LogP contribution in [-0.4, -0.2) is 48.7 Å². The second kappa shape index (κ2) is 19.1. The molecule has 120 valence electrons. The Bertz CT molecular complexity index is 218. The van der Waals surface area contributed by atoms with E-state index < -0.39 is 0 Å². The quantitative estimate of drug-likeness (QED) is 0.198. The van der Waals surface area contributed by atoms with Crippen molar-refractivity contribution in [3.8, 4) is 0 Å². The van der Waals surface area contributed by atoms with E-state index in [9.17, 15) is 0 Å². The smallest absolute Gasteiger partial charge is 0.411 e. The van der Waals surface area contributed by atoms with Gasteiger partial charge in [0.1, 0.15) is 0 Å². The molecule has 0 aromatic rings. The summed E-state index contributed by atoms with van der Waals surface area (Å²) >= 11 is 10.2. The molecule has 0 aliphatic carbocycles. The van der Waals surface area contributed by atoms with Crippen molar-refractivity contribution >= 4 is 29.2 Å². The molecule has 0 aliphatic rings. The Labute approximate surface area is 164 Å². The summed E-state index contributed by atoms with van der Waals surface area (Å²) in [7, 11) is 0. The second-order valence-corrected chi connectivity index (χ2v) is 5.86. The molecule has 0 spiro atoms. The van der Waals surface area contributed by atoms with Gasteiger partial charge in [-0.1, -0.05) is 43.3 Å². The van der Waals surface area contributed by atoms with E-state index in [4.69, 9.17) is 34.3 Å². The van der Waals surface area contributed by atoms with Crippen molar-refractivity contribution in [3.05, 3.63) is 0 Å². The third-order valence-corrected chi connectivity index (χ3v) is 3.64. The van der Waals surface area contributed by atoms with E-state index in [0.29, 0.717) is 24.1 Å². The molecule has 0 unspecified atom stereocenters. The van der Waals surface area contributed by atoms with Gasteiger partial charge in [-0.2, -0.15) is 0 Å². The molecule has 0 atom stereocenters. The average molecular weight is 344 g/mol. The van der Waals surface area contributed by atoms with Crippen LogP contribution in [0, 0.1) is 0 Å². The number of thiocarbonyl (C=S) groups is 1. The van der Waals surface area contributed by atoms with Crippen molar-refractivity contribution in [2.24, 2.45) is 0 Å². The van der Waals surface area contributed by atoms with Crippen LogP contribution in [0.15, 0.2) is 0 Å².